The Balaban J connectivity index is 1.49. The zero-order chi connectivity index (χ0) is 15.1. The quantitative estimate of drug-likeness (QED) is 0.851. The third-order valence-corrected chi connectivity index (χ3v) is 5.04. The summed E-state index contributed by atoms with van der Waals surface area (Å²) in [5.74, 6) is 2.41. The predicted molar refractivity (Wildman–Crippen MR) is 87.4 cm³/mol. The SMILES string of the molecule is Cc1cncnc1N1CC2CN(c3ccncc3Cl)CC2C1. The smallest absolute Gasteiger partial charge is 0.134 e. The van der Waals surface area contributed by atoms with Crippen LogP contribution in [0.5, 0.6) is 0 Å². The molecule has 0 aromatic carbocycles. The Morgan fingerprint density at radius 1 is 1.05 bits per heavy atom. The Morgan fingerprint density at radius 2 is 1.77 bits per heavy atom. The van der Waals surface area contributed by atoms with Crippen molar-refractivity contribution in [3.63, 3.8) is 0 Å². The molecule has 114 valence electrons. The fraction of sp³-hybridized carbons (Fsp3) is 0.438. The lowest BCUT2D eigenvalue weighted by Gasteiger charge is -2.24. The van der Waals surface area contributed by atoms with Gasteiger partial charge < -0.3 is 9.80 Å². The molecule has 4 heterocycles. The van der Waals surface area contributed by atoms with Gasteiger partial charge in [0.2, 0.25) is 0 Å². The minimum atomic E-state index is 0.665. The summed E-state index contributed by atoms with van der Waals surface area (Å²) in [6.45, 7) is 6.29. The lowest BCUT2D eigenvalue weighted by Crippen LogP contribution is -2.29. The van der Waals surface area contributed by atoms with Gasteiger partial charge in [-0.25, -0.2) is 9.97 Å². The summed E-state index contributed by atoms with van der Waals surface area (Å²) in [6, 6.07) is 2.01. The molecule has 2 fully saturated rings. The number of aromatic nitrogens is 3. The second-order valence-corrected chi connectivity index (χ2v) is 6.59. The van der Waals surface area contributed by atoms with E-state index >= 15 is 0 Å². The number of anilines is 2. The number of halogens is 1. The van der Waals surface area contributed by atoms with Gasteiger partial charge in [0.25, 0.3) is 0 Å². The number of rotatable bonds is 2. The Kier molecular flexibility index (Phi) is 3.37. The van der Waals surface area contributed by atoms with Gasteiger partial charge in [0, 0.05) is 62.2 Å². The Labute approximate surface area is 135 Å². The molecule has 2 aliphatic heterocycles. The number of hydrogen-bond acceptors (Lipinski definition) is 5. The van der Waals surface area contributed by atoms with Gasteiger partial charge in [-0.15, -0.1) is 0 Å². The molecule has 2 unspecified atom stereocenters. The highest BCUT2D eigenvalue weighted by atomic mass is 35.5. The van der Waals surface area contributed by atoms with Crippen molar-refractivity contribution < 1.29 is 0 Å². The van der Waals surface area contributed by atoms with E-state index < -0.39 is 0 Å². The summed E-state index contributed by atoms with van der Waals surface area (Å²) in [6.07, 6.45) is 7.06. The number of aryl methyl sites for hydroxylation is 1. The van der Waals surface area contributed by atoms with E-state index in [-0.39, 0.29) is 0 Å². The Bertz CT molecular complexity index is 620. The van der Waals surface area contributed by atoms with E-state index in [1.165, 1.54) is 0 Å². The third kappa shape index (κ3) is 2.29. The molecule has 0 N–H and O–H groups in total. The van der Waals surface area contributed by atoms with E-state index in [0.29, 0.717) is 11.8 Å². The number of pyridine rings is 1. The van der Waals surface area contributed by atoms with E-state index in [4.69, 9.17) is 11.6 Å². The lowest BCUT2D eigenvalue weighted by molar-refractivity contribution is 0.533. The van der Waals surface area contributed by atoms with Gasteiger partial charge in [0.1, 0.15) is 12.1 Å². The molecule has 0 radical (unpaired) electrons. The van der Waals surface area contributed by atoms with Crippen LogP contribution in [0.2, 0.25) is 5.02 Å². The second-order valence-electron chi connectivity index (χ2n) is 6.19. The fourth-order valence-electron chi connectivity index (χ4n) is 3.71. The maximum absolute atomic E-state index is 6.27. The van der Waals surface area contributed by atoms with E-state index in [9.17, 15) is 0 Å². The monoisotopic (exact) mass is 315 g/mol. The van der Waals surface area contributed by atoms with E-state index in [1.807, 2.05) is 18.5 Å². The minimum absolute atomic E-state index is 0.665. The van der Waals surface area contributed by atoms with Crippen LogP contribution in [-0.2, 0) is 0 Å². The molecule has 2 aromatic rings. The molecule has 0 amide bonds. The summed E-state index contributed by atoms with van der Waals surface area (Å²) < 4.78 is 0. The lowest BCUT2D eigenvalue weighted by atomic mass is 10.0. The van der Waals surface area contributed by atoms with Gasteiger partial charge in [0.15, 0.2) is 0 Å². The highest BCUT2D eigenvalue weighted by Gasteiger charge is 2.41. The first-order chi connectivity index (χ1) is 10.7. The van der Waals surface area contributed by atoms with Crippen molar-refractivity contribution in [3.8, 4) is 0 Å². The van der Waals surface area contributed by atoms with Crippen molar-refractivity contribution in [3.05, 3.63) is 41.6 Å². The molecule has 2 saturated heterocycles. The van der Waals surface area contributed by atoms with Crippen LogP contribution in [0.25, 0.3) is 0 Å². The van der Waals surface area contributed by atoms with Gasteiger partial charge in [0.05, 0.1) is 10.7 Å². The number of fused-ring (bicyclic) bond motifs is 1. The van der Waals surface area contributed by atoms with Crippen LogP contribution in [0, 0.1) is 18.8 Å². The summed E-state index contributed by atoms with van der Waals surface area (Å²) >= 11 is 6.27. The molecule has 4 rings (SSSR count). The van der Waals surface area contributed by atoms with Crippen molar-refractivity contribution in [2.75, 3.05) is 36.0 Å². The van der Waals surface area contributed by atoms with Gasteiger partial charge in [-0.2, -0.15) is 0 Å². The average Bonchev–Trinajstić information content (AvgIpc) is 3.06. The molecular weight excluding hydrogens is 298 g/mol. The summed E-state index contributed by atoms with van der Waals surface area (Å²) in [4.78, 5) is 17.4. The zero-order valence-electron chi connectivity index (χ0n) is 12.5. The number of hydrogen-bond donors (Lipinski definition) is 0. The third-order valence-electron chi connectivity index (χ3n) is 4.75. The molecule has 2 aromatic heterocycles. The molecule has 2 aliphatic rings. The largest absolute Gasteiger partial charge is 0.370 e. The fourth-order valence-corrected chi connectivity index (χ4v) is 3.95. The van der Waals surface area contributed by atoms with Crippen LogP contribution >= 0.6 is 11.6 Å². The molecule has 6 heteroatoms. The highest BCUT2D eigenvalue weighted by Crippen LogP contribution is 2.37. The van der Waals surface area contributed by atoms with E-state index in [0.717, 1.165) is 48.3 Å². The van der Waals surface area contributed by atoms with Gasteiger partial charge in [-0.3, -0.25) is 4.98 Å². The molecule has 0 saturated carbocycles. The van der Waals surface area contributed by atoms with Crippen LogP contribution in [0.4, 0.5) is 11.5 Å². The highest BCUT2D eigenvalue weighted by molar-refractivity contribution is 6.33. The van der Waals surface area contributed by atoms with E-state index in [1.54, 1.807) is 12.5 Å². The Morgan fingerprint density at radius 3 is 2.45 bits per heavy atom. The summed E-state index contributed by atoms with van der Waals surface area (Å²) in [5.41, 5.74) is 2.26. The van der Waals surface area contributed by atoms with Crippen molar-refractivity contribution >= 4 is 23.1 Å². The van der Waals surface area contributed by atoms with Crippen LogP contribution in [-0.4, -0.2) is 41.1 Å². The van der Waals surface area contributed by atoms with Crippen LogP contribution < -0.4 is 9.80 Å². The van der Waals surface area contributed by atoms with Gasteiger partial charge in [-0.1, -0.05) is 11.6 Å². The first-order valence-electron chi connectivity index (χ1n) is 7.58. The molecule has 0 aliphatic carbocycles. The summed E-state index contributed by atoms with van der Waals surface area (Å²) in [7, 11) is 0. The molecular formula is C16H18ClN5. The van der Waals surface area contributed by atoms with Crippen molar-refractivity contribution in [1.29, 1.82) is 0 Å². The first-order valence-corrected chi connectivity index (χ1v) is 7.96. The topological polar surface area (TPSA) is 45.2 Å². The molecule has 0 bridgehead atoms. The maximum Gasteiger partial charge on any atom is 0.134 e. The molecule has 5 nitrogen and oxygen atoms in total. The van der Waals surface area contributed by atoms with Crippen molar-refractivity contribution in [2.24, 2.45) is 11.8 Å². The second kappa shape index (κ2) is 5.39. The van der Waals surface area contributed by atoms with E-state index in [2.05, 4.69) is 31.7 Å². The first kappa shape index (κ1) is 13.8. The van der Waals surface area contributed by atoms with Crippen LogP contribution in [0.1, 0.15) is 5.56 Å². The van der Waals surface area contributed by atoms with Gasteiger partial charge in [-0.05, 0) is 13.0 Å². The minimum Gasteiger partial charge on any atom is -0.370 e. The normalized spacial score (nSPS) is 23.9. The van der Waals surface area contributed by atoms with Crippen molar-refractivity contribution in [1.82, 2.24) is 15.0 Å². The maximum atomic E-state index is 6.27. The van der Waals surface area contributed by atoms with Crippen LogP contribution in [0.3, 0.4) is 0 Å². The van der Waals surface area contributed by atoms with Crippen molar-refractivity contribution in [2.45, 2.75) is 6.92 Å². The zero-order valence-corrected chi connectivity index (χ0v) is 13.2. The molecule has 0 spiro atoms. The number of nitrogens with zero attached hydrogens (tertiary/aromatic N) is 5. The standard InChI is InChI=1S/C16H18ClN5/c1-11-4-19-10-20-16(11)22-8-12-6-21(7-13(12)9-22)15-2-3-18-5-14(15)17/h2-5,10,12-13H,6-9H2,1H3. The Hall–Kier alpha value is -1.88. The average molecular weight is 316 g/mol. The predicted octanol–water partition coefficient (Wildman–Crippen LogP) is 2.41. The van der Waals surface area contributed by atoms with Crippen LogP contribution in [0.15, 0.2) is 31.0 Å². The molecule has 22 heavy (non-hydrogen) atoms. The van der Waals surface area contributed by atoms with Gasteiger partial charge >= 0.3 is 0 Å². The molecule has 2 atom stereocenters. The summed E-state index contributed by atoms with van der Waals surface area (Å²) in [5, 5.41) is 0.742.